The molecule has 29 heavy (non-hydrogen) atoms. The highest BCUT2D eigenvalue weighted by Gasteiger charge is 2.29. The van der Waals surface area contributed by atoms with E-state index in [4.69, 9.17) is 9.82 Å². The molecule has 6 nitrogen and oxygen atoms in total. The molecular formula is C22H21FN4O2. The van der Waals surface area contributed by atoms with Gasteiger partial charge in [0.25, 0.3) is 5.91 Å². The monoisotopic (exact) mass is 392 g/mol. The molecule has 1 atom stereocenters. The number of aromatic nitrogens is 2. The molecule has 7 heteroatoms. The largest absolute Gasteiger partial charge is 0.382 e. The zero-order chi connectivity index (χ0) is 19.8. The Kier molecular flexibility index (Phi) is 4.50. The van der Waals surface area contributed by atoms with Gasteiger partial charge >= 0.3 is 0 Å². The SMILES string of the molecule is O=C(Nc1ccc2c(c1)nc1n2CCCCC1)C1CC(c2cccc(F)c2)=NO1. The third-order valence-corrected chi connectivity index (χ3v) is 5.50. The lowest BCUT2D eigenvalue weighted by atomic mass is 10.0. The molecule has 1 amide bonds. The third kappa shape index (κ3) is 3.48. The van der Waals surface area contributed by atoms with Crippen molar-refractivity contribution in [2.24, 2.45) is 5.16 Å². The summed E-state index contributed by atoms with van der Waals surface area (Å²) in [5.74, 6) is 0.499. The Labute approximate surface area is 167 Å². The number of amides is 1. The molecule has 0 radical (unpaired) electrons. The minimum atomic E-state index is -0.734. The normalized spacial score (nSPS) is 18.7. The molecule has 0 saturated carbocycles. The summed E-state index contributed by atoms with van der Waals surface area (Å²) < 4.78 is 15.7. The van der Waals surface area contributed by atoms with Gasteiger partial charge in [-0.05, 0) is 43.2 Å². The Bertz CT molecular complexity index is 1120. The lowest BCUT2D eigenvalue weighted by molar-refractivity contribution is -0.125. The second-order valence-corrected chi connectivity index (χ2v) is 7.53. The lowest BCUT2D eigenvalue weighted by Gasteiger charge is -2.10. The van der Waals surface area contributed by atoms with Crippen molar-refractivity contribution >= 4 is 28.3 Å². The molecule has 1 unspecified atom stereocenters. The summed E-state index contributed by atoms with van der Waals surface area (Å²) in [6.07, 6.45) is 4.13. The van der Waals surface area contributed by atoms with Crippen molar-refractivity contribution < 1.29 is 14.0 Å². The van der Waals surface area contributed by atoms with E-state index in [0.717, 1.165) is 29.8 Å². The highest BCUT2D eigenvalue weighted by atomic mass is 19.1. The molecular weight excluding hydrogens is 371 g/mol. The number of halogens is 1. The van der Waals surface area contributed by atoms with Crippen LogP contribution in [0.4, 0.5) is 10.1 Å². The molecule has 0 saturated heterocycles. The summed E-state index contributed by atoms with van der Waals surface area (Å²) in [6, 6.07) is 11.9. The molecule has 0 aliphatic carbocycles. The van der Waals surface area contributed by atoms with Gasteiger partial charge in [-0.15, -0.1) is 0 Å². The van der Waals surface area contributed by atoms with Gasteiger partial charge in [0.1, 0.15) is 11.6 Å². The highest BCUT2D eigenvalue weighted by molar-refractivity contribution is 6.06. The van der Waals surface area contributed by atoms with Gasteiger partial charge in [0, 0.05) is 30.6 Å². The zero-order valence-electron chi connectivity index (χ0n) is 15.9. The van der Waals surface area contributed by atoms with Crippen LogP contribution in [0, 0.1) is 5.82 Å². The summed E-state index contributed by atoms with van der Waals surface area (Å²) in [5, 5.41) is 6.86. The fourth-order valence-electron chi connectivity index (χ4n) is 4.01. The maximum Gasteiger partial charge on any atom is 0.268 e. The number of hydrogen-bond acceptors (Lipinski definition) is 4. The van der Waals surface area contributed by atoms with Crippen molar-refractivity contribution in [3.05, 3.63) is 59.7 Å². The predicted octanol–water partition coefficient (Wildman–Crippen LogP) is 4.03. The minimum Gasteiger partial charge on any atom is -0.382 e. The van der Waals surface area contributed by atoms with Gasteiger partial charge in [-0.3, -0.25) is 4.79 Å². The Balaban J connectivity index is 1.29. The van der Waals surface area contributed by atoms with Crippen LogP contribution < -0.4 is 5.32 Å². The average Bonchev–Trinajstić information content (AvgIpc) is 3.27. The smallest absolute Gasteiger partial charge is 0.268 e. The molecule has 2 aromatic carbocycles. The molecule has 0 bridgehead atoms. The van der Waals surface area contributed by atoms with E-state index >= 15 is 0 Å². The van der Waals surface area contributed by atoms with Crippen molar-refractivity contribution in [3.8, 4) is 0 Å². The summed E-state index contributed by atoms with van der Waals surface area (Å²) in [7, 11) is 0. The maximum absolute atomic E-state index is 13.4. The van der Waals surface area contributed by atoms with Crippen molar-refractivity contribution in [2.45, 2.75) is 44.8 Å². The van der Waals surface area contributed by atoms with Crippen LogP contribution in [-0.4, -0.2) is 27.3 Å². The van der Waals surface area contributed by atoms with Crippen molar-refractivity contribution in [1.29, 1.82) is 0 Å². The predicted molar refractivity (Wildman–Crippen MR) is 108 cm³/mol. The van der Waals surface area contributed by atoms with Crippen molar-refractivity contribution in [3.63, 3.8) is 0 Å². The van der Waals surface area contributed by atoms with Crippen LogP contribution in [0.5, 0.6) is 0 Å². The molecule has 3 aromatic rings. The van der Waals surface area contributed by atoms with Gasteiger partial charge in [-0.1, -0.05) is 23.7 Å². The van der Waals surface area contributed by atoms with E-state index in [1.54, 1.807) is 12.1 Å². The summed E-state index contributed by atoms with van der Waals surface area (Å²) in [4.78, 5) is 22.7. The number of fused-ring (bicyclic) bond motifs is 3. The van der Waals surface area contributed by atoms with Crippen LogP contribution >= 0.6 is 0 Å². The van der Waals surface area contributed by atoms with E-state index in [2.05, 4.69) is 15.0 Å². The Morgan fingerprint density at radius 2 is 2.10 bits per heavy atom. The Hall–Kier alpha value is -3.22. The first-order chi connectivity index (χ1) is 14.2. The van der Waals surface area contributed by atoms with Crippen molar-refractivity contribution in [1.82, 2.24) is 9.55 Å². The van der Waals surface area contributed by atoms with Crippen LogP contribution in [-0.2, 0) is 22.6 Å². The fraction of sp³-hybridized carbons (Fsp3) is 0.318. The number of anilines is 1. The first-order valence-corrected chi connectivity index (χ1v) is 9.96. The second-order valence-electron chi connectivity index (χ2n) is 7.53. The average molecular weight is 392 g/mol. The van der Waals surface area contributed by atoms with Crippen molar-refractivity contribution in [2.75, 3.05) is 5.32 Å². The van der Waals surface area contributed by atoms with Crippen LogP contribution in [0.15, 0.2) is 47.6 Å². The van der Waals surface area contributed by atoms with E-state index in [-0.39, 0.29) is 11.7 Å². The fourth-order valence-corrected chi connectivity index (χ4v) is 4.01. The number of nitrogens with one attached hydrogen (secondary N) is 1. The quantitative estimate of drug-likeness (QED) is 0.732. The number of oxime groups is 1. The zero-order valence-corrected chi connectivity index (χ0v) is 15.9. The number of benzene rings is 2. The molecule has 3 heterocycles. The molecule has 0 fully saturated rings. The van der Waals surface area contributed by atoms with Crippen LogP contribution in [0.2, 0.25) is 0 Å². The second kappa shape index (κ2) is 7.31. The van der Waals surface area contributed by atoms with E-state index in [1.165, 1.54) is 31.4 Å². The molecule has 2 aliphatic rings. The number of nitrogens with zero attached hydrogens (tertiary/aromatic N) is 3. The Morgan fingerprint density at radius 3 is 3.00 bits per heavy atom. The standard InChI is InChI=1S/C22H21FN4O2/c23-15-6-4-5-14(11-15)17-13-20(29-26-17)22(28)24-16-8-9-19-18(12-16)25-21-7-2-1-3-10-27(19)21/h4-6,8-9,11-12,20H,1-3,7,10,13H2,(H,24,28). The van der Waals surface area contributed by atoms with Gasteiger partial charge < -0.3 is 14.7 Å². The van der Waals surface area contributed by atoms with E-state index in [9.17, 15) is 9.18 Å². The van der Waals surface area contributed by atoms with Crippen LogP contribution in [0.1, 0.15) is 37.1 Å². The van der Waals surface area contributed by atoms with E-state index < -0.39 is 6.10 Å². The van der Waals surface area contributed by atoms with Gasteiger partial charge in [-0.2, -0.15) is 0 Å². The first-order valence-electron chi connectivity index (χ1n) is 9.96. The minimum absolute atomic E-state index is 0.278. The number of aryl methyl sites for hydroxylation is 2. The van der Waals surface area contributed by atoms with Gasteiger partial charge in [-0.25, -0.2) is 9.37 Å². The molecule has 2 aliphatic heterocycles. The van der Waals surface area contributed by atoms with Crippen LogP contribution in [0.3, 0.4) is 0 Å². The highest BCUT2D eigenvalue weighted by Crippen LogP contribution is 2.25. The molecule has 0 spiro atoms. The molecule has 5 rings (SSSR count). The first kappa shape index (κ1) is 17.8. The number of hydrogen-bond donors (Lipinski definition) is 1. The summed E-state index contributed by atoms with van der Waals surface area (Å²) >= 11 is 0. The molecule has 1 aromatic heterocycles. The molecule has 148 valence electrons. The van der Waals surface area contributed by atoms with E-state index in [1.807, 2.05) is 18.2 Å². The number of rotatable bonds is 3. The number of imidazole rings is 1. The molecule has 1 N–H and O–H groups in total. The van der Waals surface area contributed by atoms with Gasteiger partial charge in [0.15, 0.2) is 0 Å². The summed E-state index contributed by atoms with van der Waals surface area (Å²) in [6.45, 7) is 0.994. The summed E-state index contributed by atoms with van der Waals surface area (Å²) in [5.41, 5.74) is 3.87. The maximum atomic E-state index is 13.4. The topological polar surface area (TPSA) is 68.5 Å². The number of carbonyl (C=O) groups is 1. The van der Waals surface area contributed by atoms with Gasteiger partial charge in [0.2, 0.25) is 6.10 Å². The Morgan fingerprint density at radius 1 is 1.17 bits per heavy atom. The lowest BCUT2D eigenvalue weighted by Crippen LogP contribution is -2.28. The van der Waals surface area contributed by atoms with Gasteiger partial charge in [0.05, 0.1) is 16.7 Å². The van der Waals surface area contributed by atoms with E-state index in [0.29, 0.717) is 23.4 Å². The third-order valence-electron chi connectivity index (χ3n) is 5.50. The number of carbonyl (C=O) groups excluding carboxylic acids is 1. The van der Waals surface area contributed by atoms with Crippen LogP contribution in [0.25, 0.3) is 11.0 Å².